The smallest absolute Gasteiger partial charge is 0.140 e. The first-order chi connectivity index (χ1) is 10.1. The van der Waals surface area contributed by atoms with Gasteiger partial charge in [-0.1, -0.05) is 38.1 Å². The second-order valence-electron chi connectivity index (χ2n) is 5.70. The molecule has 3 aromatic rings. The molecule has 0 aliphatic rings. The molecule has 0 unspecified atom stereocenters. The number of aromatic nitrogens is 2. The Morgan fingerprint density at radius 2 is 1.76 bits per heavy atom. The fourth-order valence-electron chi connectivity index (χ4n) is 2.46. The maximum atomic E-state index is 4.43. The molecule has 108 valence electrons. The third-order valence-corrected chi connectivity index (χ3v) is 4.55. The Balaban J connectivity index is 2.16. The maximum absolute atomic E-state index is 4.43. The van der Waals surface area contributed by atoms with Crippen molar-refractivity contribution in [2.24, 2.45) is 0 Å². The van der Waals surface area contributed by atoms with Crippen molar-refractivity contribution in [1.29, 1.82) is 0 Å². The lowest BCUT2D eigenvalue weighted by Gasteiger charge is -2.13. The second kappa shape index (κ2) is 5.45. The van der Waals surface area contributed by atoms with Crippen LogP contribution < -0.4 is 4.90 Å². The van der Waals surface area contributed by atoms with E-state index in [9.17, 15) is 0 Å². The van der Waals surface area contributed by atoms with Crippen molar-refractivity contribution in [2.75, 3.05) is 19.0 Å². The first-order valence-electron chi connectivity index (χ1n) is 7.07. The zero-order valence-electron chi connectivity index (χ0n) is 12.8. The Morgan fingerprint density at radius 3 is 2.38 bits per heavy atom. The van der Waals surface area contributed by atoms with Gasteiger partial charge >= 0.3 is 0 Å². The normalized spacial score (nSPS) is 11.3. The number of thiophene rings is 1. The highest BCUT2D eigenvalue weighted by molar-refractivity contribution is 7.17. The summed E-state index contributed by atoms with van der Waals surface area (Å²) in [6.07, 6.45) is 1.64. The summed E-state index contributed by atoms with van der Waals surface area (Å²) in [6.45, 7) is 4.43. The van der Waals surface area contributed by atoms with Gasteiger partial charge in [-0.3, -0.25) is 0 Å². The van der Waals surface area contributed by atoms with Crippen molar-refractivity contribution in [3.8, 4) is 11.1 Å². The summed E-state index contributed by atoms with van der Waals surface area (Å²) in [5.41, 5.74) is 3.81. The first kappa shape index (κ1) is 14.0. The Labute approximate surface area is 129 Å². The van der Waals surface area contributed by atoms with E-state index >= 15 is 0 Å². The van der Waals surface area contributed by atoms with Crippen molar-refractivity contribution < 1.29 is 0 Å². The van der Waals surface area contributed by atoms with Gasteiger partial charge in [0, 0.05) is 25.0 Å². The largest absolute Gasteiger partial charge is 0.362 e. The third kappa shape index (κ3) is 2.51. The van der Waals surface area contributed by atoms with Crippen molar-refractivity contribution in [1.82, 2.24) is 9.97 Å². The molecule has 1 aromatic carbocycles. The van der Waals surface area contributed by atoms with E-state index in [0.29, 0.717) is 5.92 Å². The van der Waals surface area contributed by atoms with Crippen LogP contribution in [0.1, 0.15) is 25.3 Å². The van der Waals surface area contributed by atoms with Gasteiger partial charge in [-0.25, -0.2) is 9.97 Å². The Hall–Kier alpha value is -1.94. The fraction of sp³-hybridized carbons (Fsp3) is 0.294. The summed E-state index contributed by atoms with van der Waals surface area (Å²) in [5.74, 6) is 1.53. The van der Waals surface area contributed by atoms with Crippen molar-refractivity contribution >= 4 is 27.4 Å². The highest BCUT2D eigenvalue weighted by Gasteiger charge is 2.14. The lowest BCUT2D eigenvalue weighted by Crippen LogP contribution is -2.11. The molecule has 0 spiro atoms. The van der Waals surface area contributed by atoms with E-state index < -0.39 is 0 Å². The lowest BCUT2D eigenvalue weighted by atomic mass is 9.99. The predicted molar refractivity (Wildman–Crippen MR) is 91.3 cm³/mol. The third-order valence-electron chi connectivity index (χ3n) is 3.66. The summed E-state index contributed by atoms with van der Waals surface area (Å²) < 4.78 is 0. The molecule has 2 heterocycles. The van der Waals surface area contributed by atoms with Crippen molar-refractivity contribution in [3.63, 3.8) is 0 Å². The molecule has 0 fully saturated rings. The van der Waals surface area contributed by atoms with E-state index in [1.807, 2.05) is 19.0 Å². The average molecular weight is 297 g/mol. The van der Waals surface area contributed by atoms with Crippen LogP contribution in [0, 0.1) is 0 Å². The quantitative estimate of drug-likeness (QED) is 0.710. The van der Waals surface area contributed by atoms with E-state index in [0.717, 1.165) is 16.0 Å². The molecule has 4 heteroatoms. The molecule has 0 bridgehead atoms. The number of rotatable bonds is 3. The highest BCUT2D eigenvalue weighted by Crippen LogP contribution is 2.37. The van der Waals surface area contributed by atoms with Gasteiger partial charge in [0.25, 0.3) is 0 Å². The molecule has 0 radical (unpaired) electrons. The predicted octanol–water partition coefficient (Wildman–Crippen LogP) is 4.55. The monoisotopic (exact) mass is 297 g/mol. The molecular weight excluding hydrogens is 278 g/mol. The molecule has 0 amide bonds. The lowest BCUT2D eigenvalue weighted by molar-refractivity contribution is 0.867. The Morgan fingerprint density at radius 1 is 1.05 bits per heavy atom. The summed E-state index contributed by atoms with van der Waals surface area (Å²) in [4.78, 5) is 11.9. The minimum Gasteiger partial charge on any atom is -0.362 e. The van der Waals surface area contributed by atoms with Gasteiger partial charge in [-0.2, -0.15) is 0 Å². The number of hydrogen-bond acceptors (Lipinski definition) is 4. The van der Waals surface area contributed by atoms with Gasteiger partial charge in [0.2, 0.25) is 0 Å². The van der Waals surface area contributed by atoms with E-state index in [1.54, 1.807) is 17.7 Å². The van der Waals surface area contributed by atoms with Crippen molar-refractivity contribution in [3.05, 3.63) is 41.5 Å². The van der Waals surface area contributed by atoms with E-state index in [4.69, 9.17) is 0 Å². The fourth-order valence-corrected chi connectivity index (χ4v) is 3.37. The molecule has 0 atom stereocenters. The van der Waals surface area contributed by atoms with Gasteiger partial charge < -0.3 is 4.90 Å². The van der Waals surface area contributed by atoms with Crippen LogP contribution in [0.15, 0.2) is 36.0 Å². The van der Waals surface area contributed by atoms with Crippen LogP contribution in [0.4, 0.5) is 5.82 Å². The molecule has 21 heavy (non-hydrogen) atoms. The molecular formula is C17H19N3S. The maximum Gasteiger partial charge on any atom is 0.140 e. The molecule has 3 nitrogen and oxygen atoms in total. The number of benzene rings is 1. The van der Waals surface area contributed by atoms with Crippen LogP contribution in [0.25, 0.3) is 21.3 Å². The Bertz CT molecular complexity index is 757. The van der Waals surface area contributed by atoms with Crippen LogP contribution in [0.3, 0.4) is 0 Å². The summed E-state index contributed by atoms with van der Waals surface area (Å²) >= 11 is 1.67. The topological polar surface area (TPSA) is 29.0 Å². The number of fused-ring (bicyclic) bond motifs is 1. The summed E-state index contributed by atoms with van der Waals surface area (Å²) in [6, 6.07) is 8.82. The van der Waals surface area contributed by atoms with Gasteiger partial charge in [0.15, 0.2) is 0 Å². The highest BCUT2D eigenvalue weighted by atomic mass is 32.1. The number of nitrogens with zero attached hydrogens (tertiary/aromatic N) is 3. The first-order valence-corrected chi connectivity index (χ1v) is 7.95. The minimum absolute atomic E-state index is 0.555. The van der Waals surface area contributed by atoms with Gasteiger partial charge in [0.05, 0.1) is 5.39 Å². The Kier molecular flexibility index (Phi) is 3.64. The SMILES string of the molecule is CC(C)c1ccc(-c2csc3ncnc(N(C)C)c23)cc1. The molecule has 0 saturated heterocycles. The van der Waals surface area contributed by atoms with Crippen molar-refractivity contribution in [2.45, 2.75) is 19.8 Å². The average Bonchev–Trinajstić information content (AvgIpc) is 2.91. The van der Waals surface area contributed by atoms with Crippen LogP contribution in [0.2, 0.25) is 0 Å². The van der Waals surface area contributed by atoms with E-state index in [2.05, 4.69) is 53.5 Å². The molecule has 0 saturated carbocycles. The number of anilines is 1. The molecule has 0 N–H and O–H groups in total. The standard InChI is InChI=1S/C17H19N3S/c1-11(2)12-5-7-13(8-6-12)14-9-21-17-15(14)16(20(3)4)18-10-19-17/h5-11H,1-4H3. The van der Waals surface area contributed by atoms with Gasteiger partial charge in [-0.15, -0.1) is 11.3 Å². The molecule has 0 aliphatic carbocycles. The van der Waals surface area contributed by atoms with E-state index in [1.165, 1.54) is 16.7 Å². The molecule has 3 rings (SSSR count). The molecule has 0 aliphatic heterocycles. The summed E-state index contributed by atoms with van der Waals surface area (Å²) in [5, 5.41) is 3.32. The number of hydrogen-bond donors (Lipinski definition) is 0. The van der Waals surface area contributed by atoms with Crippen LogP contribution in [-0.4, -0.2) is 24.1 Å². The van der Waals surface area contributed by atoms with Gasteiger partial charge in [0.1, 0.15) is 17.0 Å². The zero-order chi connectivity index (χ0) is 15.0. The zero-order valence-corrected chi connectivity index (χ0v) is 13.6. The second-order valence-corrected chi connectivity index (χ2v) is 6.56. The van der Waals surface area contributed by atoms with Gasteiger partial charge in [-0.05, 0) is 17.0 Å². The molecule has 2 aromatic heterocycles. The van der Waals surface area contributed by atoms with Crippen LogP contribution >= 0.6 is 11.3 Å². The van der Waals surface area contributed by atoms with Crippen LogP contribution in [0.5, 0.6) is 0 Å². The minimum atomic E-state index is 0.555. The van der Waals surface area contributed by atoms with Crippen LogP contribution in [-0.2, 0) is 0 Å². The summed E-state index contributed by atoms with van der Waals surface area (Å²) in [7, 11) is 4.04. The van der Waals surface area contributed by atoms with E-state index in [-0.39, 0.29) is 0 Å².